The monoisotopic (exact) mass is 275 g/mol. The first-order valence-electron chi connectivity index (χ1n) is 5.69. The predicted molar refractivity (Wildman–Crippen MR) is 75.7 cm³/mol. The Bertz CT molecular complexity index is 569. The Morgan fingerprint density at radius 3 is 2.58 bits per heavy atom. The molecule has 0 aromatic heterocycles. The molecule has 2 aromatic rings. The molecule has 0 atom stereocenters. The average Bonchev–Trinajstić information content (AvgIpc) is 2.46. The fourth-order valence-electron chi connectivity index (χ4n) is 1.60. The summed E-state index contributed by atoms with van der Waals surface area (Å²) in [5, 5.41) is 10.7. The highest BCUT2D eigenvalue weighted by atomic mass is 32.2. The quantitative estimate of drug-likeness (QED) is 0.472. The van der Waals surface area contributed by atoms with Crippen LogP contribution in [-0.2, 0) is 5.75 Å². The number of benzene rings is 2. The molecule has 0 amide bonds. The highest BCUT2D eigenvalue weighted by Crippen LogP contribution is 2.26. The van der Waals surface area contributed by atoms with Gasteiger partial charge in [-0.1, -0.05) is 12.1 Å². The van der Waals surface area contributed by atoms with Gasteiger partial charge in [0.05, 0.1) is 12.0 Å². The van der Waals surface area contributed by atoms with Crippen molar-refractivity contribution in [2.45, 2.75) is 10.6 Å². The van der Waals surface area contributed by atoms with E-state index in [0.717, 1.165) is 16.2 Å². The first-order valence-corrected chi connectivity index (χ1v) is 6.68. The zero-order chi connectivity index (χ0) is 13.7. The van der Waals surface area contributed by atoms with Crippen LogP contribution in [0.4, 0.5) is 5.69 Å². The molecule has 0 spiro atoms. The largest absolute Gasteiger partial charge is 0.497 e. The van der Waals surface area contributed by atoms with Gasteiger partial charge in [0.15, 0.2) is 0 Å². The summed E-state index contributed by atoms with van der Waals surface area (Å²) in [6.07, 6.45) is 0. The lowest BCUT2D eigenvalue weighted by atomic mass is 10.2. The van der Waals surface area contributed by atoms with Gasteiger partial charge >= 0.3 is 0 Å². The summed E-state index contributed by atoms with van der Waals surface area (Å²) >= 11 is 1.63. The van der Waals surface area contributed by atoms with Gasteiger partial charge in [0.1, 0.15) is 5.75 Å². The van der Waals surface area contributed by atoms with Gasteiger partial charge in [0, 0.05) is 22.8 Å². The number of hydrogen-bond donors (Lipinski definition) is 0. The van der Waals surface area contributed by atoms with E-state index in [1.54, 1.807) is 31.0 Å². The van der Waals surface area contributed by atoms with E-state index < -0.39 is 0 Å². The molecular formula is C14H13NO3S. The Kier molecular flexibility index (Phi) is 4.41. The van der Waals surface area contributed by atoms with E-state index in [9.17, 15) is 10.1 Å². The summed E-state index contributed by atoms with van der Waals surface area (Å²) in [6, 6.07) is 14.5. The van der Waals surface area contributed by atoms with Crippen LogP contribution in [-0.4, -0.2) is 12.0 Å². The summed E-state index contributed by atoms with van der Waals surface area (Å²) in [4.78, 5) is 11.4. The van der Waals surface area contributed by atoms with Gasteiger partial charge in [0.25, 0.3) is 5.69 Å². The van der Waals surface area contributed by atoms with Crippen molar-refractivity contribution in [3.05, 3.63) is 64.2 Å². The van der Waals surface area contributed by atoms with Crippen molar-refractivity contribution >= 4 is 17.4 Å². The van der Waals surface area contributed by atoms with Gasteiger partial charge in [-0.3, -0.25) is 10.1 Å². The molecule has 19 heavy (non-hydrogen) atoms. The van der Waals surface area contributed by atoms with E-state index in [0.29, 0.717) is 5.75 Å². The van der Waals surface area contributed by atoms with Crippen LogP contribution in [0.25, 0.3) is 0 Å². The highest BCUT2D eigenvalue weighted by Gasteiger charge is 2.05. The Balaban J connectivity index is 2.01. The molecule has 0 heterocycles. The van der Waals surface area contributed by atoms with E-state index in [-0.39, 0.29) is 10.6 Å². The summed E-state index contributed by atoms with van der Waals surface area (Å²) < 4.78 is 5.09. The van der Waals surface area contributed by atoms with Crippen molar-refractivity contribution in [1.29, 1.82) is 0 Å². The fourth-order valence-corrected chi connectivity index (χ4v) is 2.44. The SMILES string of the molecule is COc1ccc(SCc2cccc([N+](=O)[O-])c2)cc1. The number of non-ortho nitro benzene ring substituents is 1. The highest BCUT2D eigenvalue weighted by molar-refractivity contribution is 7.98. The molecule has 0 unspecified atom stereocenters. The minimum absolute atomic E-state index is 0.132. The number of hydrogen-bond acceptors (Lipinski definition) is 4. The Hall–Kier alpha value is -2.01. The summed E-state index contributed by atoms with van der Waals surface area (Å²) in [5.41, 5.74) is 1.07. The van der Waals surface area contributed by atoms with Crippen molar-refractivity contribution in [2.75, 3.05) is 7.11 Å². The molecule has 2 aromatic carbocycles. The van der Waals surface area contributed by atoms with Crippen LogP contribution in [0.5, 0.6) is 5.75 Å². The maximum Gasteiger partial charge on any atom is 0.269 e. The molecule has 0 bridgehead atoms. The smallest absolute Gasteiger partial charge is 0.269 e. The molecule has 0 N–H and O–H groups in total. The average molecular weight is 275 g/mol. The van der Waals surface area contributed by atoms with Crippen molar-refractivity contribution in [3.8, 4) is 5.75 Å². The van der Waals surface area contributed by atoms with E-state index >= 15 is 0 Å². The van der Waals surface area contributed by atoms with Crippen LogP contribution in [0.15, 0.2) is 53.4 Å². The molecule has 0 saturated heterocycles. The molecule has 0 saturated carbocycles. The number of rotatable bonds is 5. The summed E-state index contributed by atoms with van der Waals surface area (Å²) in [7, 11) is 1.63. The van der Waals surface area contributed by atoms with Gasteiger partial charge in [-0.15, -0.1) is 11.8 Å². The molecule has 4 nitrogen and oxygen atoms in total. The van der Waals surface area contributed by atoms with Crippen molar-refractivity contribution in [1.82, 2.24) is 0 Å². The molecule has 98 valence electrons. The standard InChI is InChI=1S/C14H13NO3S/c1-18-13-5-7-14(8-6-13)19-10-11-3-2-4-12(9-11)15(16)17/h2-9H,10H2,1H3. The number of thioether (sulfide) groups is 1. The van der Waals surface area contributed by atoms with E-state index in [4.69, 9.17) is 4.74 Å². The van der Waals surface area contributed by atoms with Crippen LogP contribution in [0, 0.1) is 10.1 Å². The van der Waals surface area contributed by atoms with E-state index in [1.807, 2.05) is 30.3 Å². The van der Waals surface area contributed by atoms with Crippen LogP contribution in [0.1, 0.15) is 5.56 Å². The molecule has 5 heteroatoms. The van der Waals surface area contributed by atoms with Crippen molar-refractivity contribution in [2.24, 2.45) is 0 Å². The number of nitro groups is 1. The maximum absolute atomic E-state index is 10.7. The lowest BCUT2D eigenvalue weighted by Gasteiger charge is -2.03. The Morgan fingerprint density at radius 2 is 1.95 bits per heavy atom. The van der Waals surface area contributed by atoms with E-state index in [1.165, 1.54) is 6.07 Å². The predicted octanol–water partition coefficient (Wildman–Crippen LogP) is 3.90. The lowest BCUT2D eigenvalue weighted by Crippen LogP contribution is -1.89. The Labute approximate surface area is 115 Å². The van der Waals surface area contributed by atoms with Gasteiger partial charge in [-0.2, -0.15) is 0 Å². The number of nitro benzene ring substituents is 1. The summed E-state index contributed by atoms with van der Waals surface area (Å²) in [6.45, 7) is 0. The van der Waals surface area contributed by atoms with Gasteiger partial charge in [0.2, 0.25) is 0 Å². The second kappa shape index (κ2) is 6.24. The molecule has 2 rings (SSSR count). The topological polar surface area (TPSA) is 52.4 Å². The molecule has 0 aliphatic heterocycles. The number of methoxy groups -OCH3 is 1. The molecule has 0 aliphatic carbocycles. The number of nitrogens with zero attached hydrogens (tertiary/aromatic N) is 1. The van der Waals surface area contributed by atoms with E-state index in [2.05, 4.69) is 0 Å². The van der Waals surface area contributed by atoms with Crippen LogP contribution < -0.4 is 4.74 Å². The molecular weight excluding hydrogens is 262 g/mol. The third-order valence-electron chi connectivity index (χ3n) is 2.59. The first kappa shape index (κ1) is 13.4. The third kappa shape index (κ3) is 3.72. The van der Waals surface area contributed by atoms with Gasteiger partial charge < -0.3 is 4.74 Å². The van der Waals surface area contributed by atoms with Crippen molar-refractivity contribution in [3.63, 3.8) is 0 Å². The Morgan fingerprint density at radius 1 is 1.21 bits per heavy atom. The molecule has 0 fully saturated rings. The normalized spacial score (nSPS) is 10.2. The zero-order valence-corrected chi connectivity index (χ0v) is 11.2. The van der Waals surface area contributed by atoms with Gasteiger partial charge in [-0.25, -0.2) is 0 Å². The summed E-state index contributed by atoms with van der Waals surface area (Å²) in [5.74, 6) is 1.52. The fraction of sp³-hybridized carbons (Fsp3) is 0.143. The third-order valence-corrected chi connectivity index (χ3v) is 3.67. The van der Waals surface area contributed by atoms with Crippen LogP contribution >= 0.6 is 11.8 Å². The van der Waals surface area contributed by atoms with Crippen LogP contribution in [0.2, 0.25) is 0 Å². The second-order valence-corrected chi connectivity index (χ2v) is 4.94. The molecule has 0 aliphatic rings. The minimum atomic E-state index is -0.373. The maximum atomic E-state index is 10.7. The molecule has 0 radical (unpaired) electrons. The zero-order valence-electron chi connectivity index (χ0n) is 10.4. The first-order chi connectivity index (χ1) is 9.19. The lowest BCUT2D eigenvalue weighted by molar-refractivity contribution is -0.384. The minimum Gasteiger partial charge on any atom is -0.497 e. The number of ether oxygens (including phenoxy) is 1. The van der Waals surface area contributed by atoms with Crippen LogP contribution in [0.3, 0.4) is 0 Å². The van der Waals surface area contributed by atoms with Gasteiger partial charge in [-0.05, 0) is 29.8 Å². The second-order valence-electron chi connectivity index (χ2n) is 3.89. The van der Waals surface area contributed by atoms with Crippen molar-refractivity contribution < 1.29 is 9.66 Å².